The van der Waals surface area contributed by atoms with E-state index in [0.717, 1.165) is 22.8 Å². The molecule has 1 fully saturated rings. The molecule has 2 aliphatic carbocycles. The van der Waals surface area contributed by atoms with E-state index in [-0.39, 0.29) is 0 Å². The maximum Gasteiger partial charge on any atom is 0.123 e. The molecule has 0 amide bonds. The molecule has 4 atom stereocenters. The number of rotatable bonds is 4. The molecule has 1 N–H and O–H groups in total. The number of anilines is 1. The van der Waals surface area contributed by atoms with Crippen LogP contribution in [0.3, 0.4) is 0 Å². The summed E-state index contributed by atoms with van der Waals surface area (Å²) in [6.07, 6.45) is 9.43. The first-order valence-electron chi connectivity index (χ1n) is 7.74. The molecule has 0 spiro atoms. The van der Waals surface area contributed by atoms with Crippen LogP contribution >= 0.6 is 11.3 Å². The number of nitrogens with zero attached hydrogens (tertiary/aromatic N) is 1. The van der Waals surface area contributed by atoms with Crippen LogP contribution in [-0.4, -0.2) is 11.0 Å². The Morgan fingerprint density at radius 3 is 2.67 bits per heavy atom. The molecule has 1 saturated carbocycles. The van der Waals surface area contributed by atoms with Crippen molar-refractivity contribution in [1.29, 1.82) is 0 Å². The lowest BCUT2D eigenvalue weighted by Gasteiger charge is -2.27. The van der Waals surface area contributed by atoms with Crippen LogP contribution in [0.25, 0.3) is 10.6 Å². The van der Waals surface area contributed by atoms with Gasteiger partial charge in [0.2, 0.25) is 0 Å². The smallest absolute Gasteiger partial charge is 0.123 e. The topological polar surface area (TPSA) is 24.9 Å². The average Bonchev–Trinajstić information content (AvgIpc) is 3.25. The quantitative estimate of drug-likeness (QED) is 0.818. The van der Waals surface area contributed by atoms with E-state index in [1.807, 2.05) is 11.6 Å². The predicted molar refractivity (Wildman–Crippen MR) is 89.5 cm³/mol. The molecule has 0 radical (unpaired) electrons. The van der Waals surface area contributed by atoms with Crippen molar-refractivity contribution in [3.05, 3.63) is 48.0 Å². The van der Waals surface area contributed by atoms with Crippen LogP contribution in [0.2, 0.25) is 0 Å². The van der Waals surface area contributed by atoms with Gasteiger partial charge >= 0.3 is 0 Å². The molecule has 108 valence electrons. The van der Waals surface area contributed by atoms with Crippen molar-refractivity contribution >= 4 is 17.0 Å². The second-order valence-corrected chi connectivity index (χ2v) is 7.19. The summed E-state index contributed by atoms with van der Waals surface area (Å²) in [7, 11) is 0. The highest BCUT2D eigenvalue weighted by Crippen LogP contribution is 2.45. The van der Waals surface area contributed by atoms with Crippen molar-refractivity contribution in [2.45, 2.75) is 25.8 Å². The molecule has 3 heteroatoms. The van der Waals surface area contributed by atoms with Gasteiger partial charge in [0.25, 0.3) is 0 Å². The van der Waals surface area contributed by atoms with Gasteiger partial charge in [-0.15, -0.1) is 11.3 Å². The molecule has 2 aliphatic rings. The van der Waals surface area contributed by atoms with E-state index >= 15 is 0 Å². The molecule has 1 aromatic heterocycles. The van der Waals surface area contributed by atoms with Crippen molar-refractivity contribution in [2.24, 2.45) is 17.8 Å². The zero-order chi connectivity index (χ0) is 14.2. The fraction of sp³-hybridized carbons (Fsp3) is 0.389. The van der Waals surface area contributed by atoms with E-state index in [1.165, 1.54) is 24.1 Å². The highest BCUT2D eigenvalue weighted by molar-refractivity contribution is 7.13. The number of aromatic nitrogens is 1. The Hall–Kier alpha value is -1.61. The number of thiazole rings is 1. The first-order chi connectivity index (χ1) is 10.3. The molecule has 0 aliphatic heterocycles. The minimum absolute atomic E-state index is 0.538. The summed E-state index contributed by atoms with van der Waals surface area (Å²) in [4.78, 5) is 4.36. The van der Waals surface area contributed by atoms with Crippen LogP contribution in [0, 0.1) is 17.8 Å². The summed E-state index contributed by atoms with van der Waals surface area (Å²) in [5.74, 6) is 2.43. The Labute approximate surface area is 129 Å². The lowest BCUT2D eigenvalue weighted by Crippen LogP contribution is -2.28. The normalized spacial score (nSPS) is 28.0. The molecule has 21 heavy (non-hydrogen) atoms. The van der Waals surface area contributed by atoms with Gasteiger partial charge in [0.15, 0.2) is 0 Å². The standard InChI is InChI=1S/C18H20N2S/c1-12(17-11-13-2-3-15(17)10-13)20-16-6-4-14(5-7-16)18-19-8-9-21-18/h2-9,12-13,15,17,20H,10-11H2,1H3. The van der Waals surface area contributed by atoms with E-state index in [0.29, 0.717) is 6.04 Å². The Balaban J connectivity index is 1.44. The fourth-order valence-electron chi connectivity index (χ4n) is 3.84. The summed E-state index contributed by atoms with van der Waals surface area (Å²) in [5, 5.41) is 6.80. The zero-order valence-electron chi connectivity index (χ0n) is 12.2. The van der Waals surface area contributed by atoms with Crippen LogP contribution in [-0.2, 0) is 0 Å². The lowest BCUT2D eigenvalue weighted by molar-refractivity contribution is 0.400. The van der Waals surface area contributed by atoms with Gasteiger partial charge < -0.3 is 5.32 Å². The summed E-state index contributed by atoms with van der Waals surface area (Å²) in [6.45, 7) is 2.33. The van der Waals surface area contributed by atoms with Crippen molar-refractivity contribution in [3.63, 3.8) is 0 Å². The van der Waals surface area contributed by atoms with Gasteiger partial charge in [-0.1, -0.05) is 12.2 Å². The summed E-state index contributed by atoms with van der Waals surface area (Å²) in [6, 6.07) is 9.21. The predicted octanol–water partition coefficient (Wildman–Crippen LogP) is 4.82. The molecular formula is C18H20N2S. The summed E-state index contributed by atoms with van der Waals surface area (Å²) >= 11 is 1.69. The first-order valence-corrected chi connectivity index (χ1v) is 8.62. The van der Waals surface area contributed by atoms with Crippen LogP contribution in [0.15, 0.2) is 48.0 Å². The molecule has 1 aromatic carbocycles. The van der Waals surface area contributed by atoms with Gasteiger partial charge in [0.1, 0.15) is 5.01 Å². The van der Waals surface area contributed by atoms with Gasteiger partial charge in [0.05, 0.1) is 0 Å². The average molecular weight is 296 g/mol. The number of fused-ring (bicyclic) bond motifs is 2. The molecule has 4 rings (SSSR count). The second kappa shape index (κ2) is 5.30. The SMILES string of the molecule is CC(Nc1ccc(-c2nccs2)cc1)C1CC2C=CC1C2. The van der Waals surface area contributed by atoms with E-state index < -0.39 is 0 Å². The number of allylic oxidation sites excluding steroid dienone is 2. The monoisotopic (exact) mass is 296 g/mol. The van der Waals surface area contributed by atoms with Crippen LogP contribution in [0.5, 0.6) is 0 Å². The Morgan fingerprint density at radius 1 is 1.19 bits per heavy atom. The molecule has 2 aromatic rings. The highest BCUT2D eigenvalue weighted by Gasteiger charge is 2.38. The molecule has 4 unspecified atom stereocenters. The highest BCUT2D eigenvalue weighted by atomic mass is 32.1. The minimum atomic E-state index is 0.538. The number of hydrogen-bond donors (Lipinski definition) is 1. The molecular weight excluding hydrogens is 276 g/mol. The van der Waals surface area contributed by atoms with Crippen LogP contribution in [0.4, 0.5) is 5.69 Å². The molecule has 2 bridgehead atoms. The van der Waals surface area contributed by atoms with Gasteiger partial charge in [-0.25, -0.2) is 4.98 Å². The number of nitrogens with one attached hydrogen (secondary N) is 1. The third-order valence-electron chi connectivity index (χ3n) is 4.93. The van der Waals surface area contributed by atoms with Crippen molar-refractivity contribution in [3.8, 4) is 10.6 Å². The number of hydrogen-bond acceptors (Lipinski definition) is 3. The third kappa shape index (κ3) is 2.51. The Bertz CT molecular complexity index is 630. The van der Waals surface area contributed by atoms with Gasteiger partial charge in [0, 0.05) is 28.9 Å². The molecule has 0 saturated heterocycles. The van der Waals surface area contributed by atoms with E-state index in [9.17, 15) is 0 Å². The fourth-order valence-corrected chi connectivity index (χ4v) is 4.49. The van der Waals surface area contributed by atoms with E-state index in [2.05, 4.69) is 53.6 Å². The molecule has 2 nitrogen and oxygen atoms in total. The number of benzene rings is 1. The van der Waals surface area contributed by atoms with Gasteiger partial charge in [-0.3, -0.25) is 0 Å². The van der Waals surface area contributed by atoms with Crippen molar-refractivity contribution < 1.29 is 0 Å². The first kappa shape index (κ1) is 13.1. The molecule has 1 heterocycles. The largest absolute Gasteiger partial charge is 0.382 e. The second-order valence-electron chi connectivity index (χ2n) is 6.29. The van der Waals surface area contributed by atoms with Crippen LogP contribution < -0.4 is 5.32 Å². The maximum absolute atomic E-state index is 4.36. The summed E-state index contributed by atoms with van der Waals surface area (Å²) < 4.78 is 0. The summed E-state index contributed by atoms with van der Waals surface area (Å²) in [5.41, 5.74) is 2.42. The Kier molecular flexibility index (Phi) is 3.30. The van der Waals surface area contributed by atoms with E-state index in [1.54, 1.807) is 11.3 Å². The Morgan fingerprint density at radius 2 is 2.05 bits per heavy atom. The van der Waals surface area contributed by atoms with Crippen molar-refractivity contribution in [2.75, 3.05) is 5.32 Å². The zero-order valence-corrected chi connectivity index (χ0v) is 13.0. The lowest BCUT2D eigenvalue weighted by atomic mass is 9.87. The third-order valence-corrected chi connectivity index (χ3v) is 5.75. The van der Waals surface area contributed by atoms with Crippen LogP contribution in [0.1, 0.15) is 19.8 Å². The van der Waals surface area contributed by atoms with Crippen molar-refractivity contribution in [1.82, 2.24) is 4.98 Å². The van der Waals surface area contributed by atoms with E-state index in [4.69, 9.17) is 0 Å². The van der Waals surface area contributed by atoms with Gasteiger partial charge in [-0.05, 0) is 61.8 Å². The minimum Gasteiger partial charge on any atom is -0.382 e. The maximum atomic E-state index is 4.36. The van der Waals surface area contributed by atoms with Gasteiger partial charge in [-0.2, -0.15) is 0 Å².